The second-order valence-electron chi connectivity index (χ2n) is 3.61. The molecule has 0 radical (unpaired) electrons. The van der Waals surface area contributed by atoms with Crippen molar-refractivity contribution in [2.75, 3.05) is 0 Å². The van der Waals surface area contributed by atoms with Crippen LogP contribution in [0.3, 0.4) is 0 Å². The molecule has 2 rings (SSSR count). The maximum atomic E-state index is 11.6. The third-order valence-corrected chi connectivity index (χ3v) is 3.78. The lowest BCUT2D eigenvalue weighted by molar-refractivity contribution is -0.384. The van der Waals surface area contributed by atoms with E-state index in [2.05, 4.69) is 5.32 Å². The molecule has 1 amide bonds. The zero-order valence-corrected chi connectivity index (χ0v) is 10.9. The normalized spacial score (nSPS) is 17.6. The van der Waals surface area contributed by atoms with E-state index in [1.165, 1.54) is 23.9 Å². The summed E-state index contributed by atoms with van der Waals surface area (Å²) >= 11 is 6.07. The maximum Gasteiger partial charge on any atom is 0.270 e. The van der Waals surface area contributed by atoms with Gasteiger partial charge in [-0.15, -0.1) is 0 Å². The summed E-state index contributed by atoms with van der Waals surface area (Å²) in [5.74, 6) is -0.256. The predicted molar refractivity (Wildman–Crippen MR) is 74.0 cm³/mol. The van der Waals surface area contributed by atoms with Crippen LogP contribution in [-0.2, 0) is 4.79 Å². The van der Waals surface area contributed by atoms with Crippen molar-refractivity contribution >= 4 is 45.5 Å². The number of nitrogens with one attached hydrogen (secondary N) is 1. The molecule has 1 aliphatic heterocycles. The van der Waals surface area contributed by atoms with E-state index in [-0.39, 0.29) is 11.6 Å². The van der Waals surface area contributed by atoms with E-state index in [0.717, 1.165) is 0 Å². The van der Waals surface area contributed by atoms with Crippen LogP contribution in [0.4, 0.5) is 5.69 Å². The van der Waals surface area contributed by atoms with Crippen LogP contribution in [-0.4, -0.2) is 15.2 Å². The number of allylic oxidation sites excluding steroid dienone is 1. The average Bonchev–Trinajstić information content (AvgIpc) is 2.67. The highest BCUT2D eigenvalue weighted by atomic mass is 32.2. The molecule has 0 aliphatic carbocycles. The van der Waals surface area contributed by atoms with Crippen molar-refractivity contribution < 1.29 is 9.72 Å². The number of carbonyl (C=O) groups excluding carboxylic acids is 1. The van der Waals surface area contributed by atoms with Gasteiger partial charge in [0, 0.05) is 12.1 Å². The molecule has 0 atom stereocenters. The first kappa shape index (κ1) is 12.7. The molecule has 18 heavy (non-hydrogen) atoms. The molecule has 0 aromatic heterocycles. The Morgan fingerprint density at radius 3 is 2.78 bits per heavy atom. The summed E-state index contributed by atoms with van der Waals surface area (Å²) in [6.45, 7) is 1.74. The van der Waals surface area contributed by atoms with Crippen molar-refractivity contribution in [2.24, 2.45) is 0 Å². The molecule has 5 nitrogen and oxygen atoms in total. The Morgan fingerprint density at radius 1 is 1.50 bits per heavy atom. The van der Waals surface area contributed by atoms with Gasteiger partial charge in [0.15, 0.2) is 0 Å². The number of nitrogens with zero attached hydrogens (tertiary/aromatic N) is 1. The number of amides is 1. The molecule has 0 spiro atoms. The van der Waals surface area contributed by atoms with Crippen LogP contribution in [0.1, 0.15) is 12.5 Å². The van der Waals surface area contributed by atoms with Gasteiger partial charge in [0.05, 0.1) is 9.83 Å². The smallest absolute Gasteiger partial charge is 0.270 e. The zero-order chi connectivity index (χ0) is 13.3. The lowest BCUT2D eigenvalue weighted by atomic mass is 10.1. The van der Waals surface area contributed by atoms with Crippen molar-refractivity contribution in [1.29, 1.82) is 0 Å². The number of nitro benzene ring substituents is 1. The molecule has 0 unspecified atom stereocenters. The van der Waals surface area contributed by atoms with Gasteiger partial charge in [0.2, 0.25) is 0 Å². The van der Waals surface area contributed by atoms with Gasteiger partial charge >= 0.3 is 0 Å². The van der Waals surface area contributed by atoms with Crippen LogP contribution < -0.4 is 5.32 Å². The number of thiocarbonyl (C=S) groups is 1. The van der Waals surface area contributed by atoms with Gasteiger partial charge in [-0.25, -0.2) is 0 Å². The minimum atomic E-state index is -0.464. The van der Waals surface area contributed by atoms with E-state index in [0.29, 0.717) is 20.4 Å². The Bertz CT molecular complexity index is 596. The Morgan fingerprint density at radius 2 is 2.22 bits per heavy atom. The third kappa shape index (κ3) is 2.41. The first-order chi connectivity index (χ1) is 8.49. The fourth-order valence-electron chi connectivity index (χ4n) is 1.54. The summed E-state index contributed by atoms with van der Waals surface area (Å²) in [6.07, 6.45) is 0. The highest BCUT2D eigenvalue weighted by Gasteiger charge is 2.25. The number of benzene rings is 1. The number of non-ortho nitro benzene ring substituents is 1. The number of nitro groups is 1. The lowest BCUT2D eigenvalue weighted by Gasteiger charge is -2.03. The third-order valence-electron chi connectivity index (χ3n) is 2.45. The van der Waals surface area contributed by atoms with Gasteiger partial charge in [-0.05, 0) is 18.1 Å². The number of carbonyl (C=O) groups is 1. The average molecular weight is 280 g/mol. The molecule has 1 fully saturated rings. The molecular formula is C11H8N2O3S2. The van der Waals surface area contributed by atoms with Crippen molar-refractivity contribution in [3.63, 3.8) is 0 Å². The second kappa shape index (κ2) is 4.87. The fourth-order valence-corrected chi connectivity index (χ4v) is 2.63. The summed E-state index contributed by atoms with van der Waals surface area (Å²) < 4.78 is 0.403. The fraction of sp³-hybridized carbons (Fsp3) is 0.0909. The molecule has 0 bridgehead atoms. The van der Waals surface area contributed by atoms with Crippen molar-refractivity contribution in [1.82, 2.24) is 5.32 Å². The minimum Gasteiger partial charge on any atom is -0.307 e. The first-order valence-corrected chi connectivity index (χ1v) is 6.20. The van der Waals surface area contributed by atoms with Gasteiger partial charge in [-0.3, -0.25) is 14.9 Å². The van der Waals surface area contributed by atoms with Gasteiger partial charge in [-0.2, -0.15) is 0 Å². The highest BCUT2D eigenvalue weighted by Crippen LogP contribution is 2.32. The van der Waals surface area contributed by atoms with Crippen molar-refractivity contribution in [3.8, 4) is 0 Å². The van der Waals surface area contributed by atoms with Crippen molar-refractivity contribution in [3.05, 3.63) is 44.8 Å². The number of rotatable bonds is 2. The van der Waals surface area contributed by atoms with E-state index >= 15 is 0 Å². The van der Waals surface area contributed by atoms with E-state index in [1.54, 1.807) is 19.1 Å². The first-order valence-electron chi connectivity index (χ1n) is 4.98. The van der Waals surface area contributed by atoms with Gasteiger partial charge in [-0.1, -0.05) is 36.1 Å². The van der Waals surface area contributed by atoms with Crippen molar-refractivity contribution in [2.45, 2.75) is 6.92 Å². The number of hydrogen-bond donors (Lipinski definition) is 1. The van der Waals surface area contributed by atoms with Crippen LogP contribution in [0, 0.1) is 10.1 Å². The van der Waals surface area contributed by atoms with E-state index in [9.17, 15) is 14.9 Å². The Hall–Kier alpha value is -1.73. The summed E-state index contributed by atoms with van der Waals surface area (Å²) in [5, 5.41) is 13.2. The Labute approximate surface area is 112 Å². The zero-order valence-electron chi connectivity index (χ0n) is 9.30. The predicted octanol–water partition coefficient (Wildman–Crippen LogP) is 2.47. The maximum absolute atomic E-state index is 11.6. The quantitative estimate of drug-likeness (QED) is 0.390. The van der Waals surface area contributed by atoms with Crippen LogP contribution in [0.25, 0.3) is 5.57 Å². The molecule has 1 aromatic carbocycles. The summed E-state index contributed by atoms with van der Waals surface area (Å²) in [7, 11) is 0. The monoisotopic (exact) mass is 280 g/mol. The van der Waals surface area contributed by atoms with Crippen LogP contribution >= 0.6 is 24.0 Å². The lowest BCUT2D eigenvalue weighted by Crippen LogP contribution is -2.18. The summed E-state index contributed by atoms with van der Waals surface area (Å²) in [5.41, 5.74) is 1.33. The molecular weight excluding hydrogens is 272 g/mol. The molecule has 0 saturated carbocycles. The van der Waals surface area contributed by atoms with Crippen LogP contribution in [0.15, 0.2) is 29.2 Å². The van der Waals surface area contributed by atoms with Gasteiger partial charge in [0.25, 0.3) is 11.6 Å². The topological polar surface area (TPSA) is 72.2 Å². The summed E-state index contributed by atoms with van der Waals surface area (Å²) in [6, 6.07) is 6.17. The number of hydrogen-bond acceptors (Lipinski definition) is 5. The van der Waals surface area contributed by atoms with Crippen LogP contribution in [0.5, 0.6) is 0 Å². The Kier molecular flexibility index (Phi) is 3.44. The molecule has 1 aromatic rings. The second-order valence-corrected chi connectivity index (χ2v) is 5.29. The molecule has 7 heteroatoms. The highest BCUT2D eigenvalue weighted by molar-refractivity contribution is 8.26. The van der Waals surface area contributed by atoms with E-state index in [1.807, 2.05) is 0 Å². The van der Waals surface area contributed by atoms with Crippen LogP contribution in [0.2, 0.25) is 0 Å². The van der Waals surface area contributed by atoms with E-state index in [4.69, 9.17) is 12.2 Å². The largest absolute Gasteiger partial charge is 0.307 e. The summed E-state index contributed by atoms with van der Waals surface area (Å²) in [4.78, 5) is 22.3. The standard InChI is InChI=1S/C11H8N2O3S2/c1-6(9-10(14)12-11(17)18-9)7-3-2-4-8(5-7)13(15)16/h2-5H,1H3,(H,12,14,17). The van der Waals surface area contributed by atoms with E-state index < -0.39 is 4.92 Å². The molecule has 1 saturated heterocycles. The number of thioether (sulfide) groups is 1. The molecule has 1 aliphatic rings. The van der Waals surface area contributed by atoms with Gasteiger partial charge < -0.3 is 5.32 Å². The SMILES string of the molecule is CC(=C1SC(=S)NC1=O)c1cccc([N+](=O)[O-])c1. The molecule has 1 heterocycles. The molecule has 92 valence electrons. The van der Waals surface area contributed by atoms with Gasteiger partial charge in [0.1, 0.15) is 4.32 Å². The minimum absolute atomic E-state index is 0.00145. The Balaban J connectivity index is 2.45. The molecule has 1 N–H and O–H groups in total.